The van der Waals surface area contributed by atoms with E-state index in [9.17, 15) is 0 Å². The number of nitrogens with zero attached hydrogens (tertiary/aromatic N) is 3. The van der Waals surface area contributed by atoms with Crippen LogP contribution in [0.3, 0.4) is 0 Å². The Kier molecular flexibility index (Phi) is 7.21. The lowest BCUT2D eigenvalue weighted by atomic mass is 10.1. The highest BCUT2D eigenvalue weighted by Gasteiger charge is 2.17. The molecular weight excluding hydrogens is 507 g/mol. The van der Waals surface area contributed by atoms with Gasteiger partial charge >= 0.3 is 0 Å². The Morgan fingerprint density at radius 1 is 1.07 bits per heavy atom. The van der Waals surface area contributed by atoms with Crippen LogP contribution in [0, 0.1) is 11.8 Å². The van der Waals surface area contributed by atoms with Crippen LogP contribution in [-0.2, 0) is 13.1 Å². The van der Waals surface area contributed by atoms with Gasteiger partial charge in [0.2, 0.25) is 0 Å². The Labute approximate surface area is 197 Å². The number of nitrogens with one attached hydrogen (secondary N) is 1. The third-order valence-corrected chi connectivity index (χ3v) is 6.72. The normalized spacial score (nSPS) is 15.2. The van der Waals surface area contributed by atoms with Gasteiger partial charge in [0.25, 0.3) is 0 Å². The van der Waals surface area contributed by atoms with Gasteiger partial charge in [0.1, 0.15) is 0 Å². The molecule has 2 aromatic carbocycles. The highest BCUT2D eigenvalue weighted by molar-refractivity contribution is 14.1. The molecule has 4 nitrogen and oxygen atoms in total. The molecular formula is C24H26ClIN4. The first-order chi connectivity index (χ1) is 14.6. The van der Waals surface area contributed by atoms with Crippen molar-refractivity contribution in [3.63, 3.8) is 0 Å². The maximum atomic E-state index is 5.94. The molecule has 0 amide bonds. The van der Waals surface area contributed by atoms with Crippen LogP contribution in [0.4, 0.5) is 5.69 Å². The van der Waals surface area contributed by atoms with Gasteiger partial charge in [-0.05, 0) is 54.8 Å². The van der Waals surface area contributed by atoms with Crippen LogP contribution in [0.1, 0.15) is 18.2 Å². The fourth-order valence-electron chi connectivity index (χ4n) is 3.90. The number of hydrogen-bond donors (Lipinski definition) is 1. The average Bonchev–Trinajstić information content (AvgIpc) is 3.12. The van der Waals surface area contributed by atoms with Gasteiger partial charge in [-0.2, -0.15) is 0 Å². The molecule has 1 aromatic heterocycles. The number of aryl methyl sites for hydroxylation is 1. The lowest BCUT2D eigenvalue weighted by molar-refractivity contribution is 0.199. The third-order valence-electron chi connectivity index (χ3n) is 5.51. The van der Waals surface area contributed by atoms with E-state index >= 15 is 0 Å². The number of rotatable bonds is 5. The van der Waals surface area contributed by atoms with Gasteiger partial charge in [0, 0.05) is 83.7 Å². The molecule has 1 saturated heterocycles. The minimum atomic E-state index is 0.598. The van der Waals surface area contributed by atoms with Crippen LogP contribution in [0.25, 0.3) is 10.9 Å². The van der Waals surface area contributed by atoms with Crippen molar-refractivity contribution in [2.24, 2.45) is 0 Å². The van der Waals surface area contributed by atoms with Crippen molar-refractivity contribution < 1.29 is 0 Å². The fraction of sp³-hybridized carbons (Fsp3) is 0.333. The Hall–Kier alpha value is -1.72. The highest BCUT2D eigenvalue weighted by atomic mass is 127. The largest absolute Gasteiger partial charge is 0.374 e. The molecule has 0 radical (unpaired) electrons. The summed E-state index contributed by atoms with van der Waals surface area (Å²) in [4.78, 5) is 2.55. The molecule has 0 saturated carbocycles. The molecule has 4 rings (SSSR count). The molecule has 1 aliphatic rings. The van der Waals surface area contributed by atoms with E-state index in [4.69, 9.17) is 11.6 Å². The van der Waals surface area contributed by atoms with Crippen LogP contribution in [0.2, 0.25) is 5.02 Å². The molecule has 0 bridgehead atoms. The zero-order valence-electron chi connectivity index (χ0n) is 17.2. The van der Waals surface area contributed by atoms with Gasteiger partial charge in [-0.1, -0.05) is 29.7 Å². The van der Waals surface area contributed by atoms with Crippen molar-refractivity contribution in [2.45, 2.75) is 20.0 Å². The van der Waals surface area contributed by atoms with Crippen molar-refractivity contribution in [3.05, 3.63) is 64.8 Å². The molecule has 156 valence electrons. The van der Waals surface area contributed by atoms with E-state index in [0.29, 0.717) is 6.54 Å². The first-order valence-corrected chi connectivity index (χ1v) is 11.7. The van der Waals surface area contributed by atoms with Crippen molar-refractivity contribution in [3.8, 4) is 11.8 Å². The summed E-state index contributed by atoms with van der Waals surface area (Å²) in [7, 11) is 0. The van der Waals surface area contributed by atoms with E-state index in [1.807, 2.05) is 24.3 Å². The summed E-state index contributed by atoms with van der Waals surface area (Å²) in [5.74, 6) is 6.65. The number of anilines is 1. The highest BCUT2D eigenvalue weighted by Crippen LogP contribution is 2.25. The quantitative estimate of drug-likeness (QED) is 0.276. The number of piperazine rings is 1. The molecule has 3 aromatic rings. The second-order valence-corrected chi connectivity index (χ2v) is 9.27. The predicted octanol–water partition coefficient (Wildman–Crippen LogP) is 5.25. The summed E-state index contributed by atoms with van der Waals surface area (Å²) in [6.45, 7) is 9.19. The van der Waals surface area contributed by atoms with Gasteiger partial charge in [-0.15, -0.1) is 0 Å². The van der Waals surface area contributed by atoms with Crippen LogP contribution >= 0.6 is 34.5 Å². The summed E-state index contributed by atoms with van der Waals surface area (Å²) in [6.07, 6.45) is 0. The average molecular weight is 533 g/mol. The smallest absolute Gasteiger partial charge is 0.0931 e. The van der Waals surface area contributed by atoms with Crippen LogP contribution in [-0.4, -0.2) is 45.3 Å². The molecule has 2 heterocycles. The van der Waals surface area contributed by atoms with E-state index in [1.165, 1.54) is 16.5 Å². The maximum absolute atomic E-state index is 5.94. The second-order valence-electron chi connectivity index (χ2n) is 7.47. The van der Waals surface area contributed by atoms with Crippen molar-refractivity contribution in [1.82, 2.24) is 12.6 Å². The summed E-state index contributed by atoms with van der Waals surface area (Å²) < 4.78 is 4.69. The van der Waals surface area contributed by atoms with E-state index in [2.05, 4.69) is 83.8 Å². The predicted molar refractivity (Wildman–Crippen MR) is 135 cm³/mol. The molecule has 1 fully saturated rings. The Bertz CT molecular complexity index is 1060. The molecule has 30 heavy (non-hydrogen) atoms. The Balaban J connectivity index is 1.51. The van der Waals surface area contributed by atoms with Gasteiger partial charge in [0.05, 0.1) is 12.2 Å². The van der Waals surface area contributed by atoms with Crippen molar-refractivity contribution in [1.29, 1.82) is 0 Å². The fourth-order valence-corrected chi connectivity index (χ4v) is 4.46. The summed E-state index contributed by atoms with van der Waals surface area (Å²) in [6, 6.07) is 16.6. The van der Waals surface area contributed by atoms with Gasteiger partial charge < -0.3 is 9.88 Å². The van der Waals surface area contributed by atoms with E-state index < -0.39 is 0 Å². The molecule has 0 unspecified atom stereocenters. The number of halogens is 2. The number of hydrogen-bond acceptors (Lipinski definition) is 3. The number of aromatic nitrogens is 1. The third kappa shape index (κ3) is 5.12. The summed E-state index contributed by atoms with van der Waals surface area (Å²) >= 11 is 8.36. The van der Waals surface area contributed by atoms with Crippen LogP contribution in [0.5, 0.6) is 0 Å². The van der Waals surface area contributed by atoms with Crippen molar-refractivity contribution >= 4 is 51.1 Å². The molecule has 1 aliphatic heterocycles. The van der Waals surface area contributed by atoms with Crippen molar-refractivity contribution in [2.75, 3.05) is 38.0 Å². The first-order valence-electron chi connectivity index (χ1n) is 10.4. The van der Waals surface area contributed by atoms with E-state index in [0.717, 1.165) is 55.7 Å². The van der Waals surface area contributed by atoms with E-state index in [1.54, 1.807) is 0 Å². The summed E-state index contributed by atoms with van der Waals surface area (Å²) in [5, 5.41) is 5.40. The zero-order chi connectivity index (χ0) is 20.9. The zero-order valence-corrected chi connectivity index (χ0v) is 20.1. The lowest BCUT2D eigenvalue weighted by Gasteiger charge is -2.31. The molecule has 0 aliphatic carbocycles. The molecule has 0 atom stereocenters. The van der Waals surface area contributed by atoms with Crippen LogP contribution in [0.15, 0.2) is 48.5 Å². The number of benzene rings is 2. The van der Waals surface area contributed by atoms with E-state index in [-0.39, 0.29) is 0 Å². The Morgan fingerprint density at radius 2 is 1.83 bits per heavy atom. The first kappa shape index (κ1) is 21.5. The minimum Gasteiger partial charge on any atom is -0.374 e. The molecule has 0 spiro atoms. The topological polar surface area (TPSA) is 23.4 Å². The monoisotopic (exact) mass is 532 g/mol. The van der Waals surface area contributed by atoms with Gasteiger partial charge in [0.15, 0.2) is 0 Å². The molecule has 6 heteroatoms. The Morgan fingerprint density at radius 3 is 2.57 bits per heavy atom. The minimum absolute atomic E-state index is 0.598. The number of fused-ring (bicyclic) bond motifs is 1. The SMILES string of the molecule is CCn1c(C#CCNc2ccc(Cl)cc2)cc2c(CN3CCN(I)CC3)cccc21. The van der Waals surface area contributed by atoms with Crippen LogP contribution < -0.4 is 5.32 Å². The lowest BCUT2D eigenvalue weighted by Crippen LogP contribution is -2.41. The van der Waals surface area contributed by atoms with Gasteiger partial charge in [-0.3, -0.25) is 4.90 Å². The van der Waals surface area contributed by atoms with Gasteiger partial charge in [-0.25, -0.2) is 3.11 Å². The molecule has 1 N–H and O–H groups in total. The maximum Gasteiger partial charge on any atom is 0.0931 e. The standard InChI is InChI=1S/C24H26ClIN4/c1-2-30-22(6-4-12-27-21-10-8-20(25)9-11-21)17-23-19(5-3-7-24(23)30)18-28-13-15-29(26)16-14-28/h3,5,7-11,17,27H,2,12-16,18H2,1H3. The second kappa shape index (κ2) is 10.1. The summed E-state index contributed by atoms with van der Waals surface area (Å²) in [5.41, 5.74) is 4.77.